The molecule has 200 valence electrons. The van der Waals surface area contributed by atoms with Crippen molar-refractivity contribution in [3.05, 3.63) is 105 Å². The zero-order chi connectivity index (χ0) is 28.0. The zero-order valence-corrected chi connectivity index (χ0v) is 22.7. The number of ether oxygens (including phenoxy) is 2. The number of methoxy groups -OCH3 is 1. The van der Waals surface area contributed by atoms with Gasteiger partial charge in [0.25, 0.3) is 15.9 Å². The lowest BCUT2D eigenvalue weighted by Crippen LogP contribution is -2.19. The molecule has 12 heteroatoms. The van der Waals surface area contributed by atoms with E-state index in [0.717, 1.165) is 6.07 Å². The van der Waals surface area contributed by atoms with Gasteiger partial charge in [-0.15, -0.1) is 11.3 Å². The van der Waals surface area contributed by atoms with E-state index in [0.29, 0.717) is 10.6 Å². The molecule has 9 nitrogen and oxygen atoms in total. The molecule has 0 saturated carbocycles. The van der Waals surface area contributed by atoms with Gasteiger partial charge in [-0.1, -0.05) is 29.8 Å². The van der Waals surface area contributed by atoms with Crippen molar-refractivity contribution in [1.82, 2.24) is 0 Å². The van der Waals surface area contributed by atoms with Gasteiger partial charge in [0.05, 0.1) is 28.3 Å². The van der Waals surface area contributed by atoms with Crippen LogP contribution in [0.4, 0.5) is 11.4 Å². The van der Waals surface area contributed by atoms with E-state index in [1.807, 2.05) is 0 Å². The number of para-hydroxylation sites is 1. The Labute approximate surface area is 233 Å². The SMILES string of the molecule is COc1ccc(NS(=O)(=O)c2cc(C(=O)Nc3ccccc3C(=O)OCC(=O)c3cccs3)ccc2Cl)cc1. The molecule has 3 aromatic carbocycles. The summed E-state index contributed by atoms with van der Waals surface area (Å²) < 4.78 is 38.7. The Bertz CT molecular complexity index is 1620. The fourth-order valence-corrected chi connectivity index (χ4v) is 5.64. The first-order chi connectivity index (χ1) is 18.7. The van der Waals surface area contributed by atoms with Gasteiger partial charge in [-0.05, 0) is 66.0 Å². The first-order valence-electron chi connectivity index (χ1n) is 11.3. The van der Waals surface area contributed by atoms with Crippen LogP contribution in [0.2, 0.25) is 5.02 Å². The van der Waals surface area contributed by atoms with Crippen LogP contribution in [0.3, 0.4) is 0 Å². The topological polar surface area (TPSA) is 128 Å². The Balaban J connectivity index is 1.50. The lowest BCUT2D eigenvalue weighted by atomic mass is 10.1. The number of benzene rings is 3. The fraction of sp³-hybridized carbons (Fsp3) is 0.0741. The molecule has 0 aliphatic heterocycles. The van der Waals surface area contributed by atoms with Gasteiger partial charge in [0.2, 0.25) is 5.78 Å². The van der Waals surface area contributed by atoms with E-state index in [1.165, 1.54) is 54.8 Å². The van der Waals surface area contributed by atoms with Crippen molar-refractivity contribution >= 4 is 62.0 Å². The van der Waals surface area contributed by atoms with Crippen molar-refractivity contribution in [2.45, 2.75) is 4.90 Å². The van der Waals surface area contributed by atoms with Crippen molar-refractivity contribution in [2.24, 2.45) is 0 Å². The van der Waals surface area contributed by atoms with Gasteiger partial charge < -0.3 is 14.8 Å². The van der Waals surface area contributed by atoms with Gasteiger partial charge >= 0.3 is 5.97 Å². The molecule has 4 aromatic rings. The Hall–Kier alpha value is -4.19. The molecule has 1 aromatic heterocycles. The van der Waals surface area contributed by atoms with Crippen LogP contribution >= 0.6 is 22.9 Å². The molecule has 1 amide bonds. The van der Waals surface area contributed by atoms with Crippen LogP contribution in [-0.4, -0.2) is 39.8 Å². The number of nitrogens with one attached hydrogen (secondary N) is 2. The summed E-state index contributed by atoms with van der Waals surface area (Å²) in [6.45, 7) is -0.457. The van der Waals surface area contributed by atoms with Crippen LogP contribution < -0.4 is 14.8 Å². The number of sulfonamides is 1. The number of hydrogen-bond acceptors (Lipinski definition) is 8. The molecule has 4 rings (SSSR count). The van der Waals surface area contributed by atoms with Crippen molar-refractivity contribution in [3.63, 3.8) is 0 Å². The first kappa shape index (κ1) is 27.8. The van der Waals surface area contributed by atoms with E-state index in [1.54, 1.807) is 41.8 Å². The molecule has 39 heavy (non-hydrogen) atoms. The normalized spacial score (nSPS) is 10.9. The van der Waals surface area contributed by atoms with Gasteiger partial charge in [-0.25, -0.2) is 13.2 Å². The van der Waals surface area contributed by atoms with E-state index >= 15 is 0 Å². The molecule has 2 N–H and O–H groups in total. The molecule has 0 aliphatic carbocycles. The van der Waals surface area contributed by atoms with Crippen LogP contribution in [0, 0.1) is 0 Å². The van der Waals surface area contributed by atoms with Gasteiger partial charge in [0.1, 0.15) is 10.6 Å². The summed E-state index contributed by atoms with van der Waals surface area (Å²) in [5.41, 5.74) is 0.386. The predicted molar refractivity (Wildman–Crippen MR) is 149 cm³/mol. The lowest BCUT2D eigenvalue weighted by molar-refractivity contribution is 0.0477. The van der Waals surface area contributed by atoms with Crippen molar-refractivity contribution in [1.29, 1.82) is 0 Å². The largest absolute Gasteiger partial charge is 0.497 e. The maximum atomic E-state index is 13.0. The monoisotopic (exact) mass is 584 g/mol. The highest BCUT2D eigenvalue weighted by Gasteiger charge is 2.22. The number of rotatable bonds is 10. The van der Waals surface area contributed by atoms with E-state index < -0.39 is 28.5 Å². The number of anilines is 2. The summed E-state index contributed by atoms with van der Waals surface area (Å²) in [7, 11) is -2.67. The minimum atomic E-state index is -4.16. The summed E-state index contributed by atoms with van der Waals surface area (Å²) in [5.74, 6) is -1.30. The summed E-state index contributed by atoms with van der Waals surface area (Å²) in [6, 6.07) is 19.4. The number of esters is 1. The smallest absolute Gasteiger partial charge is 0.340 e. The minimum Gasteiger partial charge on any atom is -0.497 e. The van der Waals surface area contributed by atoms with E-state index in [-0.39, 0.29) is 38.2 Å². The summed E-state index contributed by atoms with van der Waals surface area (Å²) >= 11 is 7.40. The Morgan fingerprint density at radius 3 is 2.38 bits per heavy atom. The predicted octanol–water partition coefficient (Wildman–Crippen LogP) is 5.50. The molecule has 0 spiro atoms. The van der Waals surface area contributed by atoms with E-state index in [4.69, 9.17) is 21.1 Å². The summed E-state index contributed by atoms with van der Waals surface area (Å²) in [4.78, 5) is 38.0. The van der Waals surface area contributed by atoms with Crippen LogP contribution in [0.25, 0.3) is 0 Å². The van der Waals surface area contributed by atoms with E-state index in [9.17, 15) is 22.8 Å². The first-order valence-corrected chi connectivity index (χ1v) is 14.0. The second-order valence-electron chi connectivity index (χ2n) is 7.96. The zero-order valence-electron chi connectivity index (χ0n) is 20.3. The molecule has 0 fully saturated rings. The fourth-order valence-electron chi connectivity index (χ4n) is 3.40. The number of thiophene rings is 1. The highest BCUT2D eigenvalue weighted by molar-refractivity contribution is 7.92. The Kier molecular flexibility index (Phi) is 8.65. The molecular weight excluding hydrogens is 564 g/mol. The molecule has 0 unspecified atom stereocenters. The lowest BCUT2D eigenvalue weighted by Gasteiger charge is -2.13. The standard InChI is InChI=1S/C27H21ClN2O7S2/c1-36-19-11-9-18(10-12-19)30-39(34,35)25-15-17(8-13-21(25)28)26(32)29-22-6-3-2-5-20(22)27(33)37-16-23(31)24-7-4-14-38-24/h2-15,30H,16H2,1H3,(H,29,32). The Morgan fingerprint density at radius 2 is 1.69 bits per heavy atom. The molecule has 0 aliphatic rings. The number of carbonyl (C=O) groups excluding carboxylic acids is 3. The molecule has 0 bridgehead atoms. The third kappa shape index (κ3) is 6.82. The highest BCUT2D eigenvalue weighted by Crippen LogP contribution is 2.27. The van der Waals surface area contributed by atoms with Gasteiger partial charge in [-0.3, -0.25) is 14.3 Å². The number of Topliss-reactive ketones (excluding diaryl/α,β-unsaturated/α-hetero) is 1. The van der Waals surface area contributed by atoms with Gasteiger partial charge in [0.15, 0.2) is 6.61 Å². The quantitative estimate of drug-likeness (QED) is 0.186. The van der Waals surface area contributed by atoms with Crippen molar-refractivity contribution in [3.8, 4) is 5.75 Å². The van der Waals surface area contributed by atoms with Crippen molar-refractivity contribution in [2.75, 3.05) is 23.8 Å². The van der Waals surface area contributed by atoms with Gasteiger partial charge in [-0.2, -0.15) is 0 Å². The summed E-state index contributed by atoms with van der Waals surface area (Å²) in [6.07, 6.45) is 0. The average molecular weight is 585 g/mol. The summed E-state index contributed by atoms with van der Waals surface area (Å²) in [5, 5.41) is 4.24. The number of amides is 1. The highest BCUT2D eigenvalue weighted by atomic mass is 35.5. The maximum absolute atomic E-state index is 13.0. The van der Waals surface area contributed by atoms with Crippen LogP contribution in [-0.2, 0) is 14.8 Å². The molecule has 0 saturated heterocycles. The Morgan fingerprint density at radius 1 is 0.949 bits per heavy atom. The third-order valence-corrected chi connectivity index (χ3v) is 8.12. The van der Waals surface area contributed by atoms with Crippen LogP contribution in [0.15, 0.2) is 89.1 Å². The second-order valence-corrected chi connectivity index (χ2v) is 11.0. The van der Waals surface area contributed by atoms with Crippen molar-refractivity contribution < 1.29 is 32.3 Å². The van der Waals surface area contributed by atoms with Crippen LogP contribution in [0.1, 0.15) is 30.4 Å². The molecule has 0 atom stereocenters. The molecule has 0 radical (unpaired) electrons. The second kappa shape index (κ2) is 12.1. The van der Waals surface area contributed by atoms with Crippen LogP contribution in [0.5, 0.6) is 5.75 Å². The molecule has 1 heterocycles. The third-order valence-electron chi connectivity index (χ3n) is 5.35. The van der Waals surface area contributed by atoms with E-state index in [2.05, 4.69) is 10.0 Å². The number of hydrogen-bond donors (Lipinski definition) is 2. The number of ketones is 1. The minimum absolute atomic E-state index is 0.0211. The number of carbonyl (C=O) groups is 3. The maximum Gasteiger partial charge on any atom is 0.340 e. The molecular formula is C27H21ClN2O7S2. The van der Waals surface area contributed by atoms with Gasteiger partial charge in [0, 0.05) is 11.3 Å². The average Bonchev–Trinajstić information content (AvgIpc) is 3.47. The number of halogens is 1.